The van der Waals surface area contributed by atoms with Crippen molar-refractivity contribution in [3.8, 4) is 5.75 Å². The summed E-state index contributed by atoms with van der Waals surface area (Å²) in [6.07, 6.45) is 1.66. The number of thioether (sulfide) groups is 1. The predicted octanol–water partition coefficient (Wildman–Crippen LogP) is 5.26. The second-order valence-electron chi connectivity index (χ2n) is 5.50. The van der Waals surface area contributed by atoms with Gasteiger partial charge in [0.1, 0.15) is 10.1 Å². The van der Waals surface area contributed by atoms with Gasteiger partial charge >= 0.3 is 0 Å². The third-order valence-corrected chi connectivity index (χ3v) is 5.86. The van der Waals surface area contributed by atoms with Gasteiger partial charge in [0.05, 0.1) is 15.0 Å². The van der Waals surface area contributed by atoms with Crippen molar-refractivity contribution in [1.29, 1.82) is 0 Å². The molecule has 1 heterocycles. The van der Waals surface area contributed by atoms with Crippen LogP contribution in [0.4, 0.5) is 5.69 Å². The van der Waals surface area contributed by atoms with Crippen LogP contribution in [0, 0.1) is 0 Å². The zero-order valence-electron chi connectivity index (χ0n) is 13.9. The van der Waals surface area contributed by atoms with Gasteiger partial charge in [-0.2, -0.15) is 0 Å². The highest BCUT2D eigenvalue weighted by atomic mass is 79.9. The highest BCUT2D eigenvalue weighted by molar-refractivity contribution is 9.10. The molecule has 5 nitrogen and oxygen atoms in total. The fourth-order valence-electron chi connectivity index (χ4n) is 2.24. The summed E-state index contributed by atoms with van der Waals surface area (Å²) >= 11 is 21.4. The van der Waals surface area contributed by atoms with E-state index < -0.39 is 0 Å². The van der Waals surface area contributed by atoms with Crippen molar-refractivity contribution in [1.82, 2.24) is 5.32 Å². The molecular weight excluding hydrogens is 507 g/mol. The lowest BCUT2D eigenvalue weighted by atomic mass is 10.2. The largest absolute Gasteiger partial charge is 0.483 e. The number of amides is 2. The molecule has 144 valence electrons. The number of carbonyl (C=O) groups excluding carboxylic acids is 2. The fraction of sp³-hybridized carbons (Fsp3) is 0.0556. The topological polar surface area (TPSA) is 67.4 Å². The molecule has 0 aromatic heterocycles. The van der Waals surface area contributed by atoms with Gasteiger partial charge < -0.3 is 15.4 Å². The van der Waals surface area contributed by atoms with Gasteiger partial charge in [-0.1, -0.05) is 63.1 Å². The van der Waals surface area contributed by atoms with Gasteiger partial charge in [0.2, 0.25) is 0 Å². The number of rotatable bonds is 5. The number of benzene rings is 2. The standard InChI is InChI=1S/C18H11BrCl2N2O3S2/c19-10-1-4-14(9(5-10)6-15-17(25)23-18(27)28-15)26-8-16(24)22-11-2-3-12(20)13(21)7-11/h1-7H,8H2,(H,22,24)(H,23,25,27)/b15-6-. The maximum Gasteiger partial charge on any atom is 0.263 e. The number of thiocarbonyl (C=S) groups is 1. The smallest absolute Gasteiger partial charge is 0.263 e. The van der Waals surface area contributed by atoms with E-state index in [4.69, 9.17) is 40.2 Å². The summed E-state index contributed by atoms with van der Waals surface area (Å²) in [4.78, 5) is 24.5. The summed E-state index contributed by atoms with van der Waals surface area (Å²) in [5.41, 5.74) is 1.15. The number of halogens is 3. The number of anilines is 1. The van der Waals surface area contributed by atoms with Crippen molar-refractivity contribution < 1.29 is 14.3 Å². The molecule has 0 spiro atoms. The molecule has 1 aliphatic heterocycles. The van der Waals surface area contributed by atoms with Crippen molar-refractivity contribution in [2.45, 2.75) is 0 Å². The quantitative estimate of drug-likeness (QED) is 0.418. The van der Waals surface area contributed by atoms with Crippen molar-refractivity contribution in [2.75, 3.05) is 11.9 Å². The molecule has 0 atom stereocenters. The first-order chi connectivity index (χ1) is 13.3. The van der Waals surface area contributed by atoms with Crippen LogP contribution in [0.25, 0.3) is 6.08 Å². The predicted molar refractivity (Wildman–Crippen MR) is 121 cm³/mol. The summed E-state index contributed by atoms with van der Waals surface area (Å²) in [6, 6.07) is 10.1. The van der Waals surface area contributed by atoms with Crippen molar-refractivity contribution in [3.05, 3.63) is 61.4 Å². The molecule has 2 aromatic carbocycles. The van der Waals surface area contributed by atoms with E-state index >= 15 is 0 Å². The molecule has 28 heavy (non-hydrogen) atoms. The van der Waals surface area contributed by atoms with E-state index in [-0.39, 0.29) is 18.4 Å². The fourth-order valence-corrected chi connectivity index (χ4v) is 3.95. The Balaban J connectivity index is 1.71. The monoisotopic (exact) mass is 516 g/mol. The van der Waals surface area contributed by atoms with Crippen LogP contribution < -0.4 is 15.4 Å². The van der Waals surface area contributed by atoms with Crippen molar-refractivity contribution in [2.24, 2.45) is 0 Å². The van der Waals surface area contributed by atoms with E-state index in [1.54, 1.807) is 42.5 Å². The molecule has 0 saturated carbocycles. The first kappa shape index (κ1) is 21.1. The lowest BCUT2D eigenvalue weighted by Gasteiger charge is -2.11. The van der Waals surface area contributed by atoms with Crippen LogP contribution in [-0.4, -0.2) is 22.7 Å². The molecule has 0 radical (unpaired) electrons. The Bertz CT molecular complexity index is 1010. The Morgan fingerprint density at radius 1 is 1.25 bits per heavy atom. The van der Waals surface area contributed by atoms with E-state index in [2.05, 4.69) is 26.6 Å². The minimum Gasteiger partial charge on any atom is -0.483 e. The molecule has 2 amide bonds. The van der Waals surface area contributed by atoms with Gasteiger partial charge in [0.15, 0.2) is 6.61 Å². The Kier molecular flexibility index (Phi) is 7.00. The normalized spacial score (nSPS) is 14.9. The summed E-state index contributed by atoms with van der Waals surface area (Å²) in [7, 11) is 0. The van der Waals surface area contributed by atoms with Crippen LogP contribution in [0.3, 0.4) is 0 Å². The number of carbonyl (C=O) groups is 2. The molecule has 1 saturated heterocycles. The molecule has 3 rings (SSSR count). The Morgan fingerprint density at radius 3 is 2.71 bits per heavy atom. The van der Waals surface area contributed by atoms with Gasteiger partial charge in [-0.3, -0.25) is 9.59 Å². The van der Waals surface area contributed by atoms with E-state index in [9.17, 15) is 9.59 Å². The Labute approximate surface area is 188 Å². The second kappa shape index (κ2) is 9.28. The van der Waals surface area contributed by atoms with Crippen molar-refractivity contribution in [3.63, 3.8) is 0 Å². The highest BCUT2D eigenvalue weighted by Crippen LogP contribution is 2.31. The van der Waals surface area contributed by atoms with E-state index in [0.717, 1.165) is 4.47 Å². The second-order valence-corrected chi connectivity index (χ2v) is 8.95. The van der Waals surface area contributed by atoms with Gasteiger partial charge in [0, 0.05) is 15.7 Å². The molecule has 0 unspecified atom stereocenters. The zero-order chi connectivity index (χ0) is 20.3. The Morgan fingerprint density at radius 2 is 2.04 bits per heavy atom. The molecule has 2 N–H and O–H groups in total. The molecule has 1 aliphatic rings. The first-order valence-corrected chi connectivity index (χ1v) is 10.5. The summed E-state index contributed by atoms with van der Waals surface area (Å²) in [5, 5.41) is 5.98. The molecule has 1 fully saturated rings. The van der Waals surface area contributed by atoms with Crippen LogP contribution in [0.15, 0.2) is 45.8 Å². The average molecular weight is 518 g/mol. The molecule has 10 heteroatoms. The van der Waals surface area contributed by atoms with Crippen LogP contribution >= 0.6 is 63.1 Å². The summed E-state index contributed by atoms with van der Waals surface area (Å²) < 4.78 is 6.84. The summed E-state index contributed by atoms with van der Waals surface area (Å²) in [5.74, 6) is -0.182. The van der Waals surface area contributed by atoms with Crippen molar-refractivity contribution >= 4 is 91.0 Å². The number of ether oxygens (including phenoxy) is 1. The van der Waals surface area contributed by atoms with Gasteiger partial charge in [-0.25, -0.2) is 0 Å². The zero-order valence-corrected chi connectivity index (χ0v) is 18.7. The lowest BCUT2D eigenvalue weighted by molar-refractivity contribution is -0.118. The SMILES string of the molecule is O=C(COc1ccc(Br)cc1/C=C1\SC(=S)NC1=O)Nc1ccc(Cl)c(Cl)c1. The minimum atomic E-state index is -0.367. The third kappa shape index (κ3) is 5.48. The molecule has 0 aliphatic carbocycles. The minimum absolute atomic E-state index is 0.226. The third-order valence-electron chi connectivity index (χ3n) is 3.46. The first-order valence-electron chi connectivity index (χ1n) is 7.74. The van der Waals surface area contributed by atoms with E-state index in [1.165, 1.54) is 11.8 Å². The maximum atomic E-state index is 12.2. The lowest BCUT2D eigenvalue weighted by Crippen LogP contribution is -2.20. The molecular formula is C18H11BrCl2N2O3S2. The maximum absolute atomic E-state index is 12.2. The molecule has 2 aromatic rings. The average Bonchev–Trinajstić information content (AvgIpc) is 2.94. The number of hydrogen-bond acceptors (Lipinski definition) is 5. The van der Waals surface area contributed by atoms with Gasteiger partial charge in [0.25, 0.3) is 11.8 Å². The van der Waals surface area contributed by atoms with Crippen LogP contribution in [0.1, 0.15) is 5.56 Å². The van der Waals surface area contributed by atoms with Crippen LogP contribution in [-0.2, 0) is 9.59 Å². The van der Waals surface area contributed by atoms with Crippen LogP contribution in [0.5, 0.6) is 5.75 Å². The number of hydrogen-bond donors (Lipinski definition) is 2. The highest BCUT2D eigenvalue weighted by Gasteiger charge is 2.22. The van der Waals surface area contributed by atoms with E-state index in [0.29, 0.717) is 36.3 Å². The van der Waals surface area contributed by atoms with Crippen LogP contribution in [0.2, 0.25) is 10.0 Å². The molecule has 0 bridgehead atoms. The number of nitrogens with one attached hydrogen (secondary N) is 2. The summed E-state index contributed by atoms with van der Waals surface area (Å²) in [6.45, 7) is -0.226. The van der Waals surface area contributed by atoms with E-state index in [1.807, 2.05) is 0 Å². The van der Waals surface area contributed by atoms with Gasteiger partial charge in [-0.15, -0.1) is 0 Å². The van der Waals surface area contributed by atoms with Gasteiger partial charge in [-0.05, 0) is 42.5 Å². The Hall–Kier alpha value is -1.58.